The normalized spacial score (nSPS) is 18.7. The Morgan fingerprint density at radius 2 is 1.95 bits per heavy atom. The summed E-state index contributed by atoms with van der Waals surface area (Å²) in [5.74, 6) is 0. The number of anilines is 1. The summed E-state index contributed by atoms with van der Waals surface area (Å²) in [5.41, 5.74) is 7.45. The lowest BCUT2D eigenvalue weighted by Crippen LogP contribution is -2.34. The summed E-state index contributed by atoms with van der Waals surface area (Å²) in [6, 6.07) is 8.30. The molecule has 1 unspecified atom stereocenters. The predicted octanol–water partition coefficient (Wildman–Crippen LogP) is 2.96. The molecule has 0 spiro atoms. The number of aliphatic hydroxyl groups is 1. The fourth-order valence-electron chi connectivity index (χ4n) is 3.00. The molecule has 0 bridgehead atoms. The van der Waals surface area contributed by atoms with Crippen molar-refractivity contribution in [1.29, 1.82) is 0 Å². The van der Waals surface area contributed by atoms with Crippen LogP contribution in [0.1, 0.15) is 50.2 Å². The molecule has 19 heavy (non-hydrogen) atoms. The molecule has 1 saturated carbocycles. The first-order chi connectivity index (χ1) is 9.18. The molecule has 0 radical (unpaired) electrons. The van der Waals surface area contributed by atoms with Gasteiger partial charge in [-0.25, -0.2) is 0 Å². The van der Waals surface area contributed by atoms with Crippen molar-refractivity contribution in [2.75, 3.05) is 19.3 Å². The first-order valence-corrected chi connectivity index (χ1v) is 7.41. The average Bonchev–Trinajstić information content (AvgIpc) is 2.46. The quantitative estimate of drug-likeness (QED) is 0.802. The zero-order chi connectivity index (χ0) is 13.7. The predicted molar refractivity (Wildman–Crippen MR) is 79.9 cm³/mol. The Morgan fingerprint density at radius 3 is 2.63 bits per heavy atom. The van der Waals surface area contributed by atoms with Crippen molar-refractivity contribution in [3.63, 3.8) is 0 Å². The van der Waals surface area contributed by atoms with Crippen LogP contribution in [0.2, 0.25) is 0 Å². The van der Waals surface area contributed by atoms with Crippen molar-refractivity contribution in [1.82, 2.24) is 4.90 Å². The highest BCUT2D eigenvalue weighted by Gasteiger charge is 2.19. The summed E-state index contributed by atoms with van der Waals surface area (Å²) < 4.78 is 0. The van der Waals surface area contributed by atoms with E-state index in [4.69, 9.17) is 5.73 Å². The van der Waals surface area contributed by atoms with Crippen molar-refractivity contribution in [3.8, 4) is 0 Å². The van der Waals surface area contributed by atoms with E-state index < -0.39 is 6.10 Å². The number of nitrogen functional groups attached to an aromatic ring is 1. The molecule has 106 valence electrons. The zero-order valence-electron chi connectivity index (χ0n) is 11.9. The van der Waals surface area contributed by atoms with Crippen LogP contribution in [0.3, 0.4) is 0 Å². The third kappa shape index (κ3) is 3.95. The summed E-state index contributed by atoms with van der Waals surface area (Å²) in [6.07, 6.45) is 6.99. The van der Waals surface area contributed by atoms with E-state index in [0.29, 0.717) is 11.7 Å². The van der Waals surface area contributed by atoms with Gasteiger partial charge in [-0.15, -0.1) is 0 Å². The molecule has 1 aromatic rings. The molecule has 2 rings (SSSR count). The smallest absolute Gasteiger partial charge is 0.0822 e. The highest BCUT2D eigenvalue weighted by Crippen LogP contribution is 2.25. The Hall–Kier alpha value is -1.06. The van der Waals surface area contributed by atoms with E-state index in [-0.39, 0.29) is 0 Å². The molecule has 3 N–H and O–H groups in total. The highest BCUT2D eigenvalue weighted by molar-refractivity contribution is 5.47. The van der Waals surface area contributed by atoms with Crippen molar-refractivity contribution in [2.24, 2.45) is 0 Å². The molecule has 0 saturated heterocycles. The van der Waals surface area contributed by atoms with Gasteiger partial charge in [-0.1, -0.05) is 37.5 Å². The second-order valence-electron chi connectivity index (χ2n) is 5.71. The summed E-state index contributed by atoms with van der Waals surface area (Å²) in [5, 5.41) is 10.2. The number of para-hydroxylation sites is 1. The number of aliphatic hydroxyl groups excluding tert-OH is 1. The highest BCUT2D eigenvalue weighted by atomic mass is 16.3. The number of hydrogen-bond donors (Lipinski definition) is 2. The van der Waals surface area contributed by atoms with E-state index in [9.17, 15) is 5.11 Å². The molecule has 1 aromatic carbocycles. The molecule has 0 amide bonds. The van der Waals surface area contributed by atoms with Gasteiger partial charge in [0.2, 0.25) is 0 Å². The molecule has 0 aromatic heterocycles. The van der Waals surface area contributed by atoms with Gasteiger partial charge in [0.25, 0.3) is 0 Å². The Bertz CT molecular complexity index is 388. The molecule has 3 heteroatoms. The Kier molecular flexibility index (Phi) is 5.23. The third-order valence-electron chi connectivity index (χ3n) is 4.31. The Balaban J connectivity index is 1.82. The monoisotopic (exact) mass is 262 g/mol. The first-order valence-electron chi connectivity index (χ1n) is 7.41. The van der Waals surface area contributed by atoms with Gasteiger partial charge in [0.1, 0.15) is 0 Å². The lowest BCUT2D eigenvalue weighted by molar-refractivity contribution is 0.125. The molecule has 0 heterocycles. The van der Waals surface area contributed by atoms with Crippen LogP contribution in [0.15, 0.2) is 24.3 Å². The number of nitrogens with two attached hydrogens (primary N) is 1. The van der Waals surface area contributed by atoms with E-state index in [1.807, 2.05) is 24.3 Å². The molecule has 1 aliphatic rings. The molecule has 3 nitrogen and oxygen atoms in total. The maximum atomic E-state index is 10.2. The molecule has 1 aliphatic carbocycles. The minimum Gasteiger partial charge on any atom is -0.398 e. The fourth-order valence-corrected chi connectivity index (χ4v) is 3.00. The maximum absolute atomic E-state index is 10.2. The second-order valence-corrected chi connectivity index (χ2v) is 5.71. The van der Waals surface area contributed by atoms with Gasteiger partial charge < -0.3 is 15.7 Å². The van der Waals surface area contributed by atoms with E-state index in [1.54, 1.807) is 0 Å². The lowest BCUT2D eigenvalue weighted by Gasteiger charge is -2.31. The van der Waals surface area contributed by atoms with Gasteiger partial charge >= 0.3 is 0 Å². The van der Waals surface area contributed by atoms with Crippen LogP contribution in [0.4, 0.5) is 5.69 Å². The Morgan fingerprint density at radius 1 is 1.26 bits per heavy atom. The van der Waals surface area contributed by atoms with E-state index in [2.05, 4.69) is 11.9 Å². The first kappa shape index (κ1) is 14.4. The van der Waals surface area contributed by atoms with Gasteiger partial charge in [0.05, 0.1) is 6.10 Å². The minimum atomic E-state index is -0.452. The number of rotatable bonds is 5. The minimum absolute atomic E-state index is 0.452. The SMILES string of the molecule is CN(CCC(O)c1ccccc1N)C1CCCCC1. The van der Waals surface area contributed by atoms with Gasteiger partial charge in [-0.2, -0.15) is 0 Å². The van der Waals surface area contributed by atoms with E-state index >= 15 is 0 Å². The molecular formula is C16H26N2O. The molecule has 0 aliphatic heterocycles. The Labute approximate surface area is 116 Å². The summed E-state index contributed by atoms with van der Waals surface area (Å²) in [6.45, 7) is 0.931. The van der Waals surface area contributed by atoms with Gasteiger partial charge in [0.15, 0.2) is 0 Å². The number of benzene rings is 1. The van der Waals surface area contributed by atoms with Crippen LogP contribution in [0.25, 0.3) is 0 Å². The van der Waals surface area contributed by atoms with Crippen LogP contribution in [0.5, 0.6) is 0 Å². The zero-order valence-corrected chi connectivity index (χ0v) is 11.9. The third-order valence-corrected chi connectivity index (χ3v) is 4.31. The van der Waals surface area contributed by atoms with Crippen LogP contribution < -0.4 is 5.73 Å². The largest absolute Gasteiger partial charge is 0.398 e. The number of hydrogen-bond acceptors (Lipinski definition) is 3. The fraction of sp³-hybridized carbons (Fsp3) is 0.625. The van der Waals surface area contributed by atoms with Crippen molar-refractivity contribution in [2.45, 2.75) is 50.7 Å². The molecule has 1 atom stereocenters. The van der Waals surface area contributed by atoms with Crippen LogP contribution in [-0.2, 0) is 0 Å². The van der Waals surface area contributed by atoms with Gasteiger partial charge in [-0.3, -0.25) is 0 Å². The van der Waals surface area contributed by atoms with Crippen LogP contribution >= 0.6 is 0 Å². The van der Waals surface area contributed by atoms with Gasteiger partial charge in [0, 0.05) is 23.8 Å². The summed E-state index contributed by atoms with van der Waals surface area (Å²) in [4.78, 5) is 2.40. The van der Waals surface area contributed by atoms with Crippen molar-refractivity contribution >= 4 is 5.69 Å². The van der Waals surface area contributed by atoms with E-state index in [1.165, 1.54) is 32.1 Å². The maximum Gasteiger partial charge on any atom is 0.0822 e. The standard InChI is InChI=1S/C16H26N2O/c1-18(13-7-3-2-4-8-13)12-11-16(19)14-9-5-6-10-15(14)17/h5-6,9-10,13,16,19H,2-4,7-8,11-12,17H2,1H3. The lowest BCUT2D eigenvalue weighted by atomic mass is 9.94. The molecular weight excluding hydrogens is 236 g/mol. The van der Waals surface area contributed by atoms with Gasteiger partial charge in [-0.05, 0) is 32.4 Å². The average molecular weight is 262 g/mol. The van der Waals surface area contributed by atoms with Crippen LogP contribution in [-0.4, -0.2) is 29.6 Å². The molecule has 1 fully saturated rings. The summed E-state index contributed by atoms with van der Waals surface area (Å²) in [7, 11) is 2.18. The van der Waals surface area contributed by atoms with Crippen LogP contribution in [0, 0.1) is 0 Å². The number of nitrogens with zero attached hydrogens (tertiary/aromatic N) is 1. The topological polar surface area (TPSA) is 49.5 Å². The van der Waals surface area contributed by atoms with Crippen molar-refractivity contribution in [3.05, 3.63) is 29.8 Å². The summed E-state index contributed by atoms with van der Waals surface area (Å²) >= 11 is 0. The van der Waals surface area contributed by atoms with E-state index in [0.717, 1.165) is 18.5 Å². The van der Waals surface area contributed by atoms with Crippen molar-refractivity contribution < 1.29 is 5.11 Å². The second kappa shape index (κ2) is 6.92.